The standard InChI is InChI=1S/C17H29N3O/c1-13(2)9-18-10-15-8-14(3)17(19-11-15)20(4)12-16-6-5-7-21-16/h8,11,13,16,18H,5-7,9-10,12H2,1-4H3. The number of rotatable bonds is 7. The molecule has 1 aromatic heterocycles. The minimum absolute atomic E-state index is 0.364. The molecule has 1 aliphatic heterocycles. The molecule has 1 fully saturated rings. The van der Waals surface area contributed by atoms with Crippen molar-refractivity contribution in [3.8, 4) is 0 Å². The highest BCUT2D eigenvalue weighted by Gasteiger charge is 2.18. The van der Waals surface area contributed by atoms with Crippen molar-refractivity contribution in [2.45, 2.75) is 46.3 Å². The molecule has 4 heteroatoms. The molecule has 1 saturated heterocycles. The highest BCUT2D eigenvalue weighted by Crippen LogP contribution is 2.20. The van der Waals surface area contributed by atoms with Gasteiger partial charge in [0.1, 0.15) is 5.82 Å². The maximum atomic E-state index is 5.70. The predicted octanol–water partition coefficient (Wildman–Crippen LogP) is 2.75. The molecule has 118 valence electrons. The number of hydrogen-bond donors (Lipinski definition) is 1. The van der Waals surface area contributed by atoms with Crippen molar-refractivity contribution < 1.29 is 4.74 Å². The van der Waals surface area contributed by atoms with Crippen LogP contribution in [-0.2, 0) is 11.3 Å². The van der Waals surface area contributed by atoms with E-state index in [1.165, 1.54) is 24.0 Å². The van der Waals surface area contributed by atoms with E-state index in [4.69, 9.17) is 4.74 Å². The quantitative estimate of drug-likeness (QED) is 0.838. The maximum Gasteiger partial charge on any atom is 0.131 e. The van der Waals surface area contributed by atoms with Gasteiger partial charge in [-0.15, -0.1) is 0 Å². The van der Waals surface area contributed by atoms with E-state index in [9.17, 15) is 0 Å². The van der Waals surface area contributed by atoms with Crippen molar-refractivity contribution >= 4 is 5.82 Å². The summed E-state index contributed by atoms with van der Waals surface area (Å²) in [7, 11) is 2.10. The Morgan fingerprint density at radius 3 is 2.90 bits per heavy atom. The van der Waals surface area contributed by atoms with Crippen molar-refractivity contribution in [3.05, 3.63) is 23.4 Å². The average molecular weight is 291 g/mol. The van der Waals surface area contributed by atoms with Crippen molar-refractivity contribution in [2.75, 3.05) is 31.6 Å². The molecule has 4 nitrogen and oxygen atoms in total. The molecule has 2 heterocycles. The first-order valence-electron chi connectivity index (χ1n) is 8.05. The molecule has 21 heavy (non-hydrogen) atoms. The third-order valence-electron chi connectivity index (χ3n) is 3.85. The van der Waals surface area contributed by atoms with Gasteiger partial charge >= 0.3 is 0 Å². The van der Waals surface area contributed by atoms with Gasteiger partial charge in [0, 0.05) is 32.9 Å². The molecule has 0 aromatic carbocycles. The highest BCUT2D eigenvalue weighted by atomic mass is 16.5. The number of aromatic nitrogens is 1. The molecule has 1 aromatic rings. The fraction of sp³-hybridized carbons (Fsp3) is 0.706. The topological polar surface area (TPSA) is 37.4 Å². The van der Waals surface area contributed by atoms with E-state index in [1.54, 1.807) is 0 Å². The molecule has 0 saturated carbocycles. The van der Waals surface area contributed by atoms with E-state index in [1.807, 2.05) is 6.20 Å². The Hall–Kier alpha value is -1.13. The SMILES string of the molecule is Cc1cc(CNCC(C)C)cnc1N(C)CC1CCCO1. The second-order valence-corrected chi connectivity index (χ2v) is 6.52. The van der Waals surface area contributed by atoms with Crippen LogP contribution in [0, 0.1) is 12.8 Å². The van der Waals surface area contributed by atoms with Gasteiger partial charge in [0.2, 0.25) is 0 Å². The number of aryl methyl sites for hydroxylation is 1. The summed E-state index contributed by atoms with van der Waals surface area (Å²) in [6.45, 7) is 10.4. The summed E-state index contributed by atoms with van der Waals surface area (Å²) in [6.07, 6.45) is 4.71. The van der Waals surface area contributed by atoms with Crippen molar-refractivity contribution in [2.24, 2.45) is 5.92 Å². The van der Waals surface area contributed by atoms with Crippen LogP contribution in [-0.4, -0.2) is 37.8 Å². The monoisotopic (exact) mass is 291 g/mol. The molecule has 1 aliphatic rings. The molecule has 0 aliphatic carbocycles. The van der Waals surface area contributed by atoms with Crippen molar-refractivity contribution in [1.29, 1.82) is 0 Å². The summed E-state index contributed by atoms with van der Waals surface area (Å²) < 4.78 is 5.70. The molecule has 2 rings (SSSR count). The molecule has 0 amide bonds. The van der Waals surface area contributed by atoms with E-state index in [0.29, 0.717) is 12.0 Å². The third kappa shape index (κ3) is 4.97. The first kappa shape index (κ1) is 16.2. The number of nitrogens with one attached hydrogen (secondary N) is 1. The molecular formula is C17H29N3O. The summed E-state index contributed by atoms with van der Waals surface area (Å²) >= 11 is 0. The van der Waals surface area contributed by atoms with E-state index >= 15 is 0 Å². The van der Waals surface area contributed by atoms with Crippen LogP contribution in [0.5, 0.6) is 0 Å². The molecule has 0 radical (unpaired) electrons. The van der Waals surface area contributed by atoms with Gasteiger partial charge in [-0.1, -0.05) is 13.8 Å². The first-order valence-corrected chi connectivity index (χ1v) is 8.05. The lowest BCUT2D eigenvalue weighted by atomic mass is 10.1. The Balaban J connectivity index is 1.91. The molecule has 1 unspecified atom stereocenters. The second-order valence-electron chi connectivity index (χ2n) is 6.52. The van der Waals surface area contributed by atoms with Crippen LogP contribution < -0.4 is 10.2 Å². The normalized spacial score (nSPS) is 18.4. The summed E-state index contributed by atoms with van der Waals surface area (Å²) in [5, 5.41) is 3.46. The van der Waals surface area contributed by atoms with Gasteiger partial charge in [-0.25, -0.2) is 4.98 Å². The predicted molar refractivity (Wildman–Crippen MR) is 87.8 cm³/mol. The van der Waals surface area contributed by atoms with Gasteiger partial charge in [-0.2, -0.15) is 0 Å². The zero-order valence-corrected chi connectivity index (χ0v) is 13.9. The smallest absolute Gasteiger partial charge is 0.131 e. The number of hydrogen-bond acceptors (Lipinski definition) is 4. The van der Waals surface area contributed by atoms with Crippen LogP contribution in [0.15, 0.2) is 12.3 Å². The van der Waals surface area contributed by atoms with Gasteiger partial charge < -0.3 is 15.0 Å². The van der Waals surface area contributed by atoms with E-state index < -0.39 is 0 Å². The summed E-state index contributed by atoms with van der Waals surface area (Å²) in [5.74, 6) is 1.74. The first-order chi connectivity index (χ1) is 10.1. The Labute approximate surface area is 128 Å². The third-order valence-corrected chi connectivity index (χ3v) is 3.85. The fourth-order valence-electron chi connectivity index (χ4n) is 2.81. The van der Waals surface area contributed by atoms with Crippen LogP contribution in [0.3, 0.4) is 0 Å². The molecule has 1 atom stereocenters. The summed E-state index contributed by atoms with van der Waals surface area (Å²) in [4.78, 5) is 6.87. The fourth-order valence-corrected chi connectivity index (χ4v) is 2.81. The van der Waals surface area contributed by atoms with Gasteiger partial charge in [0.15, 0.2) is 0 Å². The lowest BCUT2D eigenvalue weighted by molar-refractivity contribution is 0.116. The van der Waals surface area contributed by atoms with Crippen LogP contribution >= 0.6 is 0 Å². The Morgan fingerprint density at radius 1 is 1.48 bits per heavy atom. The minimum atomic E-state index is 0.364. The Morgan fingerprint density at radius 2 is 2.29 bits per heavy atom. The zero-order chi connectivity index (χ0) is 15.2. The van der Waals surface area contributed by atoms with Gasteiger partial charge in [0.05, 0.1) is 6.10 Å². The molecule has 0 spiro atoms. The lowest BCUT2D eigenvalue weighted by Gasteiger charge is -2.23. The number of nitrogens with zero attached hydrogens (tertiary/aromatic N) is 2. The van der Waals surface area contributed by atoms with Crippen molar-refractivity contribution in [1.82, 2.24) is 10.3 Å². The van der Waals surface area contributed by atoms with Gasteiger partial charge in [0.25, 0.3) is 0 Å². The van der Waals surface area contributed by atoms with Gasteiger partial charge in [-0.3, -0.25) is 0 Å². The average Bonchev–Trinajstić information content (AvgIpc) is 2.91. The van der Waals surface area contributed by atoms with Crippen LogP contribution in [0.1, 0.15) is 37.8 Å². The van der Waals surface area contributed by atoms with Crippen LogP contribution in [0.4, 0.5) is 5.82 Å². The van der Waals surface area contributed by atoms with Crippen LogP contribution in [0.2, 0.25) is 0 Å². The number of pyridine rings is 1. The highest BCUT2D eigenvalue weighted by molar-refractivity contribution is 5.46. The largest absolute Gasteiger partial charge is 0.376 e. The van der Waals surface area contributed by atoms with Crippen LogP contribution in [0.25, 0.3) is 0 Å². The summed E-state index contributed by atoms with van der Waals surface area (Å²) in [6, 6.07) is 2.24. The minimum Gasteiger partial charge on any atom is -0.376 e. The summed E-state index contributed by atoms with van der Waals surface area (Å²) in [5.41, 5.74) is 2.49. The second kappa shape index (κ2) is 7.76. The number of anilines is 1. The molecular weight excluding hydrogens is 262 g/mol. The van der Waals surface area contributed by atoms with E-state index in [2.05, 4.69) is 49.1 Å². The molecule has 0 bridgehead atoms. The zero-order valence-electron chi connectivity index (χ0n) is 13.9. The van der Waals surface area contributed by atoms with E-state index in [0.717, 1.165) is 32.1 Å². The van der Waals surface area contributed by atoms with Gasteiger partial charge in [-0.05, 0) is 49.4 Å². The Kier molecular flexibility index (Phi) is 6.00. The molecule has 1 N–H and O–H groups in total. The number of likely N-dealkylation sites (N-methyl/N-ethyl adjacent to an activating group) is 1. The number of ether oxygens (including phenoxy) is 1. The Bertz CT molecular complexity index is 442. The maximum absolute atomic E-state index is 5.70. The lowest BCUT2D eigenvalue weighted by Crippen LogP contribution is -2.29. The van der Waals surface area contributed by atoms with E-state index in [-0.39, 0.29) is 0 Å². The van der Waals surface area contributed by atoms with Crippen molar-refractivity contribution in [3.63, 3.8) is 0 Å².